The summed E-state index contributed by atoms with van der Waals surface area (Å²) in [7, 11) is 1.57. The zero-order valence-electron chi connectivity index (χ0n) is 15.8. The lowest BCUT2D eigenvalue weighted by molar-refractivity contribution is -0.117. The van der Waals surface area contributed by atoms with Crippen LogP contribution in [-0.4, -0.2) is 13.0 Å². The van der Waals surface area contributed by atoms with Crippen molar-refractivity contribution in [2.24, 2.45) is 5.73 Å². The normalized spacial score (nSPS) is 10.3. The minimum atomic E-state index is -0.441. The SMILES string of the molecule is COc1ccc(CC(N)=O)c(OCc2ccccc2)c1OCc1ccccc1. The molecule has 0 saturated carbocycles. The summed E-state index contributed by atoms with van der Waals surface area (Å²) in [6.45, 7) is 0.681. The summed E-state index contributed by atoms with van der Waals surface area (Å²) >= 11 is 0. The van der Waals surface area contributed by atoms with Crippen LogP contribution >= 0.6 is 0 Å². The smallest absolute Gasteiger partial charge is 0.221 e. The zero-order valence-corrected chi connectivity index (χ0v) is 15.8. The second-order valence-corrected chi connectivity index (χ2v) is 6.28. The Bertz CT molecular complexity index is 911. The van der Waals surface area contributed by atoms with Gasteiger partial charge in [0.2, 0.25) is 11.7 Å². The zero-order chi connectivity index (χ0) is 19.8. The number of methoxy groups -OCH3 is 1. The molecule has 0 aromatic heterocycles. The van der Waals surface area contributed by atoms with Crippen LogP contribution in [0.5, 0.6) is 17.2 Å². The standard InChI is InChI=1S/C23H23NO4/c1-26-20-13-12-19(14-21(24)25)22(27-15-17-8-4-2-5-9-17)23(20)28-16-18-10-6-3-7-11-18/h2-13H,14-16H2,1H3,(H2,24,25). The predicted octanol–water partition coefficient (Wildman–Crippen LogP) is 3.88. The van der Waals surface area contributed by atoms with E-state index in [1.165, 1.54) is 0 Å². The van der Waals surface area contributed by atoms with Gasteiger partial charge in [0.1, 0.15) is 13.2 Å². The summed E-state index contributed by atoms with van der Waals surface area (Å²) in [4.78, 5) is 11.5. The van der Waals surface area contributed by atoms with Crippen molar-refractivity contribution in [1.82, 2.24) is 0 Å². The molecule has 0 heterocycles. The molecule has 0 spiro atoms. The summed E-state index contributed by atoms with van der Waals surface area (Å²) in [6.07, 6.45) is 0.0514. The maximum Gasteiger partial charge on any atom is 0.221 e. The van der Waals surface area contributed by atoms with Gasteiger partial charge in [-0.05, 0) is 17.2 Å². The van der Waals surface area contributed by atoms with E-state index in [0.717, 1.165) is 11.1 Å². The molecule has 0 aliphatic carbocycles. The number of benzene rings is 3. The van der Waals surface area contributed by atoms with Crippen molar-refractivity contribution in [3.8, 4) is 17.2 Å². The Kier molecular flexibility index (Phi) is 6.52. The van der Waals surface area contributed by atoms with Gasteiger partial charge in [0.15, 0.2) is 11.5 Å². The highest BCUT2D eigenvalue weighted by molar-refractivity contribution is 5.78. The van der Waals surface area contributed by atoms with Crippen LogP contribution < -0.4 is 19.9 Å². The Morgan fingerprint density at radius 1 is 0.786 bits per heavy atom. The highest BCUT2D eigenvalue weighted by Crippen LogP contribution is 2.41. The van der Waals surface area contributed by atoms with Crippen molar-refractivity contribution < 1.29 is 19.0 Å². The number of carbonyl (C=O) groups excluding carboxylic acids is 1. The molecule has 3 aromatic carbocycles. The number of primary amides is 1. The minimum absolute atomic E-state index is 0.0514. The molecule has 0 bridgehead atoms. The van der Waals surface area contributed by atoms with E-state index >= 15 is 0 Å². The molecule has 2 N–H and O–H groups in total. The van der Waals surface area contributed by atoms with E-state index in [1.54, 1.807) is 19.2 Å². The van der Waals surface area contributed by atoms with Crippen LogP contribution in [0.1, 0.15) is 16.7 Å². The van der Waals surface area contributed by atoms with Gasteiger partial charge in [0.05, 0.1) is 13.5 Å². The second kappa shape index (κ2) is 9.46. The van der Waals surface area contributed by atoms with Gasteiger partial charge in [-0.25, -0.2) is 0 Å². The summed E-state index contributed by atoms with van der Waals surface area (Å²) in [5, 5.41) is 0. The van der Waals surface area contributed by atoms with E-state index in [1.807, 2.05) is 60.7 Å². The molecular weight excluding hydrogens is 354 g/mol. The third-order valence-electron chi connectivity index (χ3n) is 4.19. The molecule has 0 aliphatic heterocycles. The first-order chi connectivity index (χ1) is 13.7. The minimum Gasteiger partial charge on any atom is -0.493 e. The number of rotatable bonds is 9. The molecule has 3 aromatic rings. The Labute approximate surface area is 164 Å². The third kappa shape index (κ3) is 5.04. The molecule has 28 heavy (non-hydrogen) atoms. The van der Waals surface area contributed by atoms with E-state index in [4.69, 9.17) is 19.9 Å². The summed E-state index contributed by atoms with van der Waals surface area (Å²) < 4.78 is 17.6. The molecule has 0 fully saturated rings. The molecule has 3 rings (SSSR count). The molecule has 0 radical (unpaired) electrons. The second-order valence-electron chi connectivity index (χ2n) is 6.28. The van der Waals surface area contributed by atoms with E-state index in [-0.39, 0.29) is 6.42 Å². The maximum atomic E-state index is 11.5. The van der Waals surface area contributed by atoms with Crippen molar-refractivity contribution in [3.05, 3.63) is 89.5 Å². The number of hydrogen-bond acceptors (Lipinski definition) is 4. The van der Waals surface area contributed by atoms with Crippen molar-refractivity contribution in [3.63, 3.8) is 0 Å². The quantitative estimate of drug-likeness (QED) is 0.614. The fourth-order valence-electron chi connectivity index (χ4n) is 2.83. The summed E-state index contributed by atoms with van der Waals surface area (Å²) in [5.74, 6) is 1.02. The van der Waals surface area contributed by atoms with Crippen molar-refractivity contribution >= 4 is 5.91 Å². The third-order valence-corrected chi connectivity index (χ3v) is 4.19. The monoisotopic (exact) mass is 377 g/mol. The first-order valence-electron chi connectivity index (χ1n) is 8.99. The summed E-state index contributed by atoms with van der Waals surface area (Å²) in [5.41, 5.74) is 8.10. The van der Waals surface area contributed by atoms with Crippen LogP contribution in [0.3, 0.4) is 0 Å². The van der Waals surface area contributed by atoms with Crippen molar-refractivity contribution in [1.29, 1.82) is 0 Å². The van der Waals surface area contributed by atoms with E-state index in [9.17, 15) is 4.79 Å². The van der Waals surface area contributed by atoms with Gasteiger partial charge in [0, 0.05) is 5.56 Å². The van der Waals surface area contributed by atoms with Gasteiger partial charge in [-0.2, -0.15) is 0 Å². The Morgan fingerprint density at radius 2 is 1.32 bits per heavy atom. The molecule has 5 nitrogen and oxygen atoms in total. The van der Waals surface area contributed by atoms with Crippen LogP contribution in [-0.2, 0) is 24.4 Å². The van der Waals surface area contributed by atoms with Gasteiger partial charge >= 0.3 is 0 Å². The first kappa shape index (κ1) is 19.3. The lowest BCUT2D eigenvalue weighted by atomic mass is 10.1. The average molecular weight is 377 g/mol. The molecule has 0 saturated heterocycles. The fourth-order valence-corrected chi connectivity index (χ4v) is 2.83. The maximum absolute atomic E-state index is 11.5. The van der Waals surface area contributed by atoms with E-state index < -0.39 is 5.91 Å². The van der Waals surface area contributed by atoms with Gasteiger partial charge in [-0.3, -0.25) is 4.79 Å². The van der Waals surface area contributed by atoms with E-state index in [0.29, 0.717) is 36.0 Å². The predicted molar refractivity (Wildman–Crippen MR) is 107 cm³/mol. The van der Waals surface area contributed by atoms with Gasteiger partial charge in [-0.1, -0.05) is 66.7 Å². The van der Waals surface area contributed by atoms with Gasteiger partial charge in [-0.15, -0.1) is 0 Å². The Hall–Kier alpha value is -3.47. The number of nitrogens with two attached hydrogens (primary N) is 1. The highest BCUT2D eigenvalue weighted by Gasteiger charge is 2.19. The van der Waals surface area contributed by atoms with Crippen LogP contribution in [0.2, 0.25) is 0 Å². The van der Waals surface area contributed by atoms with Crippen LogP contribution in [0.15, 0.2) is 72.8 Å². The number of carbonyl (C=O) groups is 1. The largest absolute Gasteiger partial charge is 0.493 e. The van der Waals surface area contributed by atoms with E-state index in [2.05, 4.69) is 0 Å². The number of amides is 1. The van der Waals surface area contributed by atoms with Gasteiger partial charge < -0.3 is 19.9 Å². The Morgan fingerprint density at radius 3 is 1.82 bits per heavy atom. The molecule has 0 aliphatic rings. The lowest BCUT2D eigenvalue weighted by Crippen LogP contribution is -2.15. The average Bonchev–Trinajstić information content (AvgIpc) is 2.72. The highest BCUT2D eigenvalue weighted by atomic mass is 16.5. The number of hydrogen-bond donors (Lipinski definition) is 1. The van der Waals surface area contributed by atoms with Crippen LogP contribution in [0.25, 0.3) is 0 Å². The lowest BCUT2D eigenvalue weighted by Gasteiger charge is -2.19. The molecule has 5 heteroatoms. The van der Waals surface area contributed by atoms with Gasteiger partial charge in [0.25, 0.3) is 0 Å². The molecule has 1 amide bonds. The Balaban J connectivity index is 1.92. The first-order valence-corrected chi connectivity index (χ1v) is 8.99. The molecule has 0 unspecified atom stereocenters. The van der Waals surface area contributed by atoms with Crippen LogP contribution in [0.4, 0.5) is 0 Å². The topological polar surface area (TPSA) is 70.8 Å². The molecular formula is C23H23NO4. The fraction of sp³-hybridized carbons (Fsp3) is 0.174. The van der Waals surface area contributed by atoms with Crippen molar-refractivity contribution in [2.45, 2.75) is 19.6 Å². The molecule has 0 atom stereocenters. The summed E-state index contributed by atoms with van der Waals surface area (Å²) in [6, 6.07) is 23.1. The van der Waals surface area contributed by atoms with Crippen molar-refractivity contribution in [2.75, 3.05) is 7.11 Å². The molecule has 144 valence electrons. The van der Waals surface area contributed by atoms with Crippen LogP contribution in [0, 0.1) is 0 Å². The number of ether oxygens (including phenoxy) is 3.